The molecule has 0 atom stereocenters. The first-order valence-electron chi connectivity index (χ1n) is 4.39. The van der Waals surface area contributed by atoms with E-state index in [1.54, 1.807) is 0 Å². The largest absolute Gasteiger partial charge is 0.292 e. The van der Waals surface area contributed by atoms with Gasteiger partial charge in [0.25, 0.3) is 0 Å². The molecule has 0 amide bonds. The summed E-state index contributed by atoms with van der Waals surface area (Å²) >= 11 is 4.76. The molecule has 0 saturated carbocycles. The molecule has 0 spiro atoms. The number of carbonyl (C=O) groups excluding carboxylic acids is 1. The fourth-order valence-electron chi connectivity index (χ4n) is 1.19. The van der Waals surface area contributed by atoms with E-state index in [1.807, 2.05) is 29.6 Å². The van der Waals surface area contributed by atoms with Gasteiger partial charge in [-0.2, -0.15) is 0 Å². The molecule has 2 rings (SSSR count). The fraction of sp³-hybridized carbons (Fsp3) is 0.0909. The second-order valence-electron chi connectivity index (χ2n) is 3.10. The average Bonchev–Trinajstić information content (AvgIpc) is 2.68. The minimum absolute atomic E-state index is 0.0170. The van der Waals surface area contributed by atoms with Gasteiger partial charge < -0.3 is 0 Å². The number of rotatable bonds is 2. The summed E-state index contributed by atoms with van der Waals surface area (Å²) in [5.74, 6) is 0.0170. The van der Waals surface area contributed by atoms with Crippen molar-refractivity contribution in [3.8, 4) is 11.3 Å². The van der Waals surface area contributed by atoms with Gasteiger partial charge in [0, 0.05) is 22.3 Å². The summed E-state index contributed by atoms with van der Waals surface area (Å²) in [7, 11) is 0. The molecular weight excluding hydrogens is 274 g/mol. The smallest absolute Gasteiger partial charge is 0.188 e. The second-order valence-corrected chi connectivity index (χ2v) is 4.87. The van der Waals surface area contributed by atoms with Gasteiger partial charge in [-0.25, -0.2) is 4.98 Å². The zero-order valence-electron chi connectivity index (χ0n) is 8.03. The van der Waals surface area contributed by atoms with E-state index in [2.05, 4.69) is 20.9 Å². The third-order valence-corrected chi connectivity index (χ3v) is 3.42. The van der Waals surface area contributed by atoms with Crippen molar-refractivity contribution in [3.05, 3.63) is 39.1 Å². The first kappa shape index (κ1) is 10.5. The summed E-state index contributed by atoms with van der Waals surface area (Å²) in [5, 5.41) is 2.47. The maximum absolute atomic E-state index is 11.1. The number of Topliss-reactive ketones (excluding diaryl/α,β-unsaturated/α-hetero) is 1. The van der Waals surface area contributed by atoms with Crippen molar-refractivity contribution in [1.82, 2.24) is 4.98 Å². The predicted octanol–water partition coefficient (Wildman–Crippen LogP) is 3.78. The van der Waals surface area contributed by atoms with Crippen molar-refractivity contribution < 1.29 is 4.79 Å². The lowest BCUT2D eigenvalue weighted by molar-refractivity contribution is 0.101. The molecular formula is C11H8BrNOS. The number of nitrogens with zero attached hydrogens (tertiary/aromatic N) is 1. The van der Waals surface area contributed by atoms with Crippen LogP contribution in [0.2, 0.25) is 0 Å². The zero-order chi connectivity index (χ0) is 10.8. The van der Waals surface area contributed by atoms with Gasteiger partial charge in [-0.3, -0.25) is 4.79 Å². The van der Waals surface area contributed by atoms with Gasteiger partial charge in [0.15, 0.2) is 10.8 Å². The van der Waals surface area contributed by atoms with Gasteiger partial charge in [0.05, 0.1) is 5.69 Å². The molecule has 1 aromatic carbocycles. The second kappa shape index (κ2) is 4.24. The average molecular weight is 282 g/mol. The molecule has 1 aromatic heterocycles. The van der Waals surface area contributed by atoms with Gasteiger partial charge in [0.2, 0.25) is 0 Å². The Balaban J connectivity index is 2.37. The van der Waals surface area contributed by atoms with Gasteiger partial charge in [-0.05, 0) is 12.1 Å². The molecule has 1 heterocycles. The third kappa shape index (κ3) is 2.33. The predicted molar refractivity (Wildman–Crippen MR) is 65.3 cm³/mol. The van der Waals surface area contributed by atoms with Crippen LogP contribution in [0.3, 0.4) is 0 Å². The molecule has 0 N–H and O–H groups in total. The summed E-state index contributed by atoms with van der Waals surface area (Å²) in [4.78, 5) is 15.3. The van der Waals surface area contributed by atoms with Gasteiger partial charge in [-0.1, -0.05) is 28.1 Å². The van der Waals surface area contributed by atoms with Crippen LogP contribution in [-0.2, 0) is 0 Å². The van der Waals surface area contributed by atoms with E-state index in [0.29, 0.717) is 5.01 Å². The van der Waals surface area contributed by atoms with E-state index < -0.39 is 0 Å². The Morgan fingerprint density at radius 1 is 1.33 bits per heavy atom. The van der Waals surface area contributed by atoms with Crippen LogP contribution >= 0.6 is 27.3 Å². The van der Waals surface area contributed by atoms with Crippen LogP contribution in [0.1, 0.15) is 16.7 Å². The molecule has 2 nitrogen and oxygen atoms in total. The van der Waals surface area contributed by atoms with Crippen LogP contribution in [0, 0.1) is 0 Å². The molecule has 2 aromatic rings. The number of hydrogen-bond donors (Lipinski definition) is 0. The Morgan fingerprint density at radius 2 is 2.00 bits per heavy atom. The molecule has 0 saturated heterocycles. The van der Waals surface area contributed by atoms with E-state index in [1.165, 1.54) is 18.3 Å². The monoisotopic (exact) mass is 281 g/mol. The Labute approximate surface area is 100 Å². The number of thiazole rings is 1. The molecule has 76 valence electrons. The molecule has 0 bridgehead atoms. The number of halogens is 1. The standard InChI is InChI=1S/C11H8BrNOS/c1-7(14)11-13-10(6-15-11)8-2-4-9(12)5-3-8/h2-6H,1H3. The fourth-order valence-corrected chi connectivity index (χ4v) is 2.18. The molecule has 0 unspecified atom stereocenters. The van der Waals surface area contributed by atoms with Crippen LogP contribution in [0.5, 0.6) is 0 Å². The van der Waals surface area contributed by atoms with E-state index in [9.17, 15) is 4.79 Å². The number of benzene rings is 1. The van der Waals surface area contributed by atoms with E-state index in [4.69, 9.17) is 0 Å². The van der Waals surface area contributed by atoms with Crippen LogP contribution < -0.4 is 0 Å². The van der Waals surface area contributed by atoms with E-state index in [-0.39, 0.29) is 5.78 Å². The summed E-state index contributed by atoms with van der Waals surface area (Å²) in [6, 6.07) is 7.87. The van der Waals surface area contributed by atoms with E-state index >= 15 is 0 Å². The molecule has 0 radical (unpaired) electrons. The highest BCUT2D eigenvalue weighted by atomic mass is 79.9. The van der Waals surface area contributed by atoms with Crippen LogP contribution in [0.4, 0.5) is 0 Å². The van der Waals surface area contributed by atoms with Gasteiger partial charge in [0.1, 0.15) is 0 Å². The van der Waals surface area contributed by atoms with Crippen molar-refractivity contribution in [3.63, 3.8) is 0 Å². The van der Waals surface area contributed by atoms with Crippen molar-refractivity contribution in [2.75, 3.05) is 0 Å². The third-order valence-electron chi connectivity index (χ3n) is 1.95. The van der Waals surface area contributed by atoms with Gasteiger partial charge in [-0.15, -0.1) is 11.3 Å². The first-order valence-corrected chi connectivity index (χ1v) is 6.06. The summed E-state index contributed by atoms with van der Waals surface area (Å²) in [6.45, 7) is 1.53. The van der Waals surface area contributed by atoms with Crippen LogP contribution in [-0.4, -0.2) is 10.8 Å². The molecule has 15 heavy (non-hydrogen) atoms. The Morgan fingerprint density at radius 3 is 2.53 bits per heavy atom. The maximum Gasteiger partial charge on any atom is 0.188 e. The number of hydrogen-bond acceptors (Lipinski definition) is 3. The Hall–Kier alpha value is -1.00. The minimum Gasteiger partial charge on any atom is -0.292 e. The zero-order valence-corrected chi connectivity index (χ0v) is 10.4. The maximum atomic E-state index is 11.1. The number of aromatic nitrogens is 1. The van der Waals surface area contributed by atoms with Gasteiger partial charge >= 0.3 is 0 Å². The van der Waals surface area contributed by atoms with Crippen molar-refractivity contribution in [2.45, 2.75) is 6.92 Å². The summed E-state index contributed by atoms with van der Waals surface area (Å²) in [5.41, 5.74) is 1.89. The highest BCUT2D eigenvalue weighted by molar-refractivity contribution is 9.10. The molecule has 0 aliphatic heterocycles. The van der Waals surface area contributed by atoms with E-state index in [0.717, 1.165) is 15.7 Å². The van der Waals surface area contributed by atoms with Crippen molar-refractivity contribution in [2.24, 2.45) is 0 Å². The Kier molecular flexibility index (Phi) is 2.98. The molecule has 0 aliphatic rings. The topological polar surface area (TPSA) is 30.0 Å². The first-order chi connectivity index (χ1) is 7.16. The summed E-state index contributed by atoms with van der Waals surface area (Å²) in [6.07, 6.45) is 0. The molecule has 0 aliphatic carbocycles. The lowest BCUT2D eigenvalue weighted by Crippen LogP contribution is -1.89. The lowest BCUT2D eigenvalue weighted by atomic mass is 10.2. The summed E-state index contributed by atoms with van der Waals surface area (Å²) < 4.78 is 1.04. The lowest BCUT2D eigenvalue weighted by Gasteiger charge is -1.95. The minimum atomic E-state index is 0.0170. The highest BCUT2D eigenvalue weighted by Crippen LogP contribution is 2.23. The number of ketones is 1. The Bertz CT molecular complexity index is 490. The quantitative estimate of drug-likeness (QED) is 0.785. The molecule has 0 fully saturated rings. The van der Waals surface area contributed by atoms with Crippen molar-refractivity contribution in [1.29, 1.82) is 0 Å². The van der Waals surface area contributed by atoms with Crippen LogP contribution in [0.15, 0.2) is 34.1 Å². The SMILES string of the molecule is CC(=O)c1nc(-c2ccc(Br)cc2)cs1. The van der Waals surface area contributed by atoms with Crippen LogP contribution in [0.25, 0.3) is 11.3 Å². The number of carbonyl (C=O) groups is 1. The molecule has 4 heteroatoms. The normalized spacial score (nSPS) is 10.3. The van der Waals surface area contributed by atoms with Crippen molar-refractivity contribution >= 4 is 33.0 Å². The highest BCUT2D eigenvalue weighted by Gasteiger charge is 2.07.